The molecule has 1 rings (SSSR count). The molecule has 1 aromatic carbocycles. The molecule has 0 saturated carbocycles. The van der Waals surface area contributed by atoms with E-state index in [1.807, 2.05) is 0 Å². The molecule has 2 N–H and O–H groups in total. The van der Waals surface area contributed by atoms with Gasteiger partial charge >= 0.3 is 5.97 Å². The molecular formula is C10H10N2O4S. The Kier molecular flexibility index (Phi) is 5.15. The highest BCUT2D eigenvalue weighted by molar-refractivity contribution is 7.97. The predicted molar refractivity (Wildman–Crippen MR) is 63.6 cm³/mol. The van der Waals surface area contributed by atoms with Crippen LogP contribution >= 0.6 is 11.9 Å². The largest absolute Gasteiger partial charge is 0.480 e. The van der Waals surface area contributed by atoms with E-state index in [4.69, 9.17) is 5.11 Å². The number of carbonyl (C=O) groups is 2. The van der Waals surface area contributed by atoms with Crippen LogP contribution in [0.15, 0.2) is 34.9 Å². The minimum atomic E-state index is -1.20. The second kappa shape index (κ2) is 6.64. The summed E-state index contributed by atoms with van der Waals surface area (Å²) in [5.74, 6) is -1.80. The third kappa shape index (κ3) is 4.23. The molecule has 90 valence electrons. The summed E-state index contributed by atoms with van der Waals surface area (Å²) >= 11 is 0.556. The fourth-order valence-corrected chi connectivity index (χ4v) is 1.55. The molecule has 0 bridgehead atoms. The van der Waals surface area contributed by atoms with Gasteiger partial charge in [0.05, 0.1) is 0 Å². The zero-order valence-electron chi connectivity index (χ0n) is 8.70. The zero-order valence-corrected chi connectivity index (χ0v) is 9.52. The highest BCUT2D eigenvalue weighted by atomic mass is 32.2. The van der Waals surface area contributed by atoms with E-state index in [-0.39, 0.29) is 5.75 Å². The van der Waals surface area contributed by atoms with E-state index in [0.717, 1.165) is 0 Å². The third-order valence-corrected chi connectivity index (χ3v) is 2.52. The van der Waals surface area contributed by atoms with Crippen LogP contribution in [0.2, 0.25) is 0 Å². The number of carbonyl (C=O) groups excluding carboxylic acids is 1. The second-order valence-corrected chi connectivity index (χ2v) is 3.84. The molecule has 0 spiro atoms. The number of rotatable bonds is 6. The Hall–Kier alpha value is -1.89. The van der Waals surface area contributed by atoms with Crippen molar-refractivity contribution in [2.75, 3.05) is 5.75 Å². The first kappa shape index (κ1) is 13.2. The molecule has 0 aromatic heterocycles. The third-order valence-electron chi connectivity index (χ3n) is 1.93. The summed E-state index contributed by atoms with van der Waals surface area (Å²) in [5.41, 5.74) is 0.364. The van der Waals surface area contributed by atoms with Crippen LogP contribution in [-0.4, -0.2) is 28.8 Å². The van der Waals surface area contributed by atoms with Gasteiger partial charge in [-0.15, -0.1) is 4.91 Å². The van der Waals surface area contributed by atoms with Gasteiger partial charge in [-0.25, -0.2) is 4.79 Å². The van der Waals surface area contributed by atoms with E-state index >= 15 is 0 Å². The Morgan fingerprint density at radius 1 is 1.35 bits per heavy atom. The fourth-order valence-electron chi connectivity index (χ4n) is 1.11. The molecule has 0 fully saturated rings. The normalized spacial score (nSPS) is 11.5. The van der Waals surface area contributed by atoms with Crippen molar-refractivity contribution in [1.82, 2.24) is 5.32 Å². The minimum Gasteiger partial charge on any atom is -0.480 e. The van der Waals surface area contributed by atoms with Gasteiger partial charge in [-0.3, -0.25) is 4.79 Å². The van der Waals surface area contributed by atoms with Gasteiger partial charge in [-0.1, -0.05) is 18.2 Å². The van der Waals surface area contributed by atoms with Crippen molar-refractivity contribution in [3.05, 3.63) is 40.8 Å². The number of carboxylic acids is 1. The lowest BCUT2D eigenvalue weighted by Gasteiger charge is -2.12. The average molecular weight is 254 g/mol. The summed E-state index contributed by atoms with van der Waals surface area (Å²) in [5, 5.41) is 11.1. The van der Waals surface area contributed by atoms with Gasteiger partial charge in [0.25, 0.3) is 5.91 Å². The summed E-state index contributed by atoms with van der Waals surface area (Å²) in [6.07, 6.45) is 0. The van der Waals surface area contributed by atoms with Crippen molar-refractivity contribution < 1.29 is 14.7 Å². The zero-order chi connectivity index (χ0) is 12.7. The number of nitrogens with zero attached hydrogens (tertiary/aromatic N) is 1. The molecule has 6 nitrogen and oxygen atoms in total. The topological polar surface area (TPSA) is 95.8 Å². The van der Waals surface area contributed by atoms with Crippen molar-refractivity contribution in [3.8, 4) is 0 Å². The molecule has 0 saturated heterocycles. The van der Waals surface area contributed by atoms with Gasteiger partial charge in [-0.2, -0.15) is 0 Å². The highest BCUT2D eigenvalue weighted by Gasteiger charge is 2.20. The number of aliphatic carboxylic acids is 1. The van der Waals surface area contributed by atoms with Gasteiger partial charge in [0.2, 0.25) is 0 Å². The molecular weight excluding hydrogens is 244 g/mol. The highest BCUT2D eigenvalue weighted by Crippen LogP contribution is 2.05. The molecule has 0 heterocycles. The summed E-state index contributed by atoms with van der Waals surface area (Å²) in [6, 6.07) is 7.10. The van der Waals surface area contributed by atoms with Crippen LogP contribution in [0.25, 0.3) is 0 Å². The smallest absolute Gasteiger partial charge is 0.327 e. The Morgan fingerprint density at radius 3 is 2.53 bits per heavy atom. The number of amides is 1. The van der Waals surface area contributed by atoms with E-state index in [1.54, 1.807) is 30.3 Å². The van der Waals surface area contributed by atoms with Crippen LogP contribution in [0, 0.1) is 4.91 Å². The molecule has 0 radical (unpaired) electrons. The molecule has 0 aliphatic heterocycles. The fraction of sp³-hybridized carbons (Fsp3) is 0.200. The first-order valence-electron chi connectivity index (χ1n) is 4.68. The Bertz CT molecular complexity index is 410. The van der Waals surface area contributed by atoms with Crippen LogP contribution in [-0.2, 0) is 4.79 Å². The summed E-state index contributed by atoms with van der Waals surface area (Å²) in [6.45, 7) is 0. The number of nitrogens with one attached hydrogen (secondary N) is 1. The molecule has 0 aliphatic rings. The van der Waals surface area contributed by atoms with Crippen molar-refractivity contribution in [2.24, 2.45) is 4.58 Å². The van der Waals surface area contributed by atoms with Crippen LogP contribution in [0.3, 0.4) is 0 Å². The summed E-state index contributed by atoms with van der Waals surface area (Å²) in [7, 11) is 0. The molecule has 1 amide bonds. The number of carboxylic acid groups (broad SMARTS) is 1. The summed E-state index contributed by atoms with van der Waals surface area (Å²) < 4.78 is 2.49. The lowest BCUT2D eigenvalue weighted by Crippen LogP contribution is -2.42. The Labute approximate surface area is 102 Å². The summed E-state index contributed by atoms with van der Waals surface area (Å²) in [4.78, 5) is 32.3. The second-order valence-electron chi connectivity index (χ2n) is 3.10. The predicted octanol–water partition coefficient (Wildman–Crippen LogP) is 1.28. The van der Waals surface area contributed by atoms with E-state index in [0.29, 0.717) is 17.5 Å². The quantitative estimate of drug-likeness (QED) is 0.589. The van der Waals surface area contributed by atoms with Crippen molar-refractivity contribution in [2.45, 2.75) is 6.04 Å². The lowest BCUT2D eigenvalue weighted by atomic mass is 10.2. The Balaban J connectivity index is 2.64. The monoisotopic (exact) mass is 254 g/mol. The van der Waals surface area contributed by atoms with E-state index in [1.165, 1.54) is 0 Å². The van der Waals surface area contributed by atoms with Gasteiger partial charge in [-0.05, 0) is 12.1 Å². The molecule has 7 heteroatoms. The van der Waals surface area contributed by atoms with Crippen molar-refractivity contribution in [1.29, 1.82) is 0 Å². The van der Waals surface area contributed by atoms with E-state index in [2.05, 4.69) is 9.90 Å². The first-order valence-corrected chi connectivity index (χ1v) is 5.62. The Morgan fingerprint density at radius 2 is 2.00 bits per heavy atom. The maximum absolute atomic E-state index is 11.6. The van der Waals surface area contributed by atoms with Crippen LogP contribution in [0.4, 0.5) is 0 Å². The average Bonchev–Trinajstić information content (AvgIpc) is 2.35. The first-order chi connectivity index (χ1) is 8.15. The van der Waals surface area contributed by atoms with Crippen LogP contribution in [0.5, 0.6) is 0 Å². The maximum atomic E-state index is 11.6. The number of hydrogen-bond donors (Lipinski definition) is 2. The van der Waals surface area contributed by atoms with Gasteiger partial charge in [0.1, 0.15) is 6.04 Å². The number of benzene rings is 1. The molecule has 0 aliphatic carbocycles. The molecule has 17 heavy (non-hydrogen) atoms. The van der Waals surface area contributed by atoms with Crippen LogP contribution in [0.1, 0.15) is 10.4 Å². The van der Waals surface area contributed by atoms with Crippen LogP contribution < -0.4 is 5.32 Å². The molecule has 1 aromatic rings. The minimum absolute atomic E-state index is 0.0998. The standard InChI is InChI=1S/C10H10N2O4S/c13-9(7-4-2-1-3-5-7)11-8(10(14)15)6-17-12-16/h1-5,8H,6H2,(H,11,13)(H,14,15)/t8-/m0/s1. The van der Waals surface area contributed by atoms with Gasteiger partial charge in [0, 0.05) is 27.8 Å². The van der Waals surface area contributed by atoms with Gasteiger partial charge in [0.15, 0.2) is 0 Å². The maximum Gasteiger partial charge on any atom is 0.327 e. The van der Waals surface area contributed by atoms with Crippen molar-refractivity contribution in [3.63, 3.8) is 0 Å². The number of nitroso groups, excluding NO2 is 1. The van der Waals surface area contributed by atoms with Crippen molar-refractivity contribution >= 4 is 23.8 Å². The van der Waals surface area contributed by atoms with E-state index in [9.17, 15) is 14.5 Å². The number of hydrogen-bond acceptors (Lipinski definition) is 5. The van der Waals surface area contributed by atoms with E-state index < -0.39 is 17.9 Å². The molecule has 0 unspecified atom stereocenters. The molecule has 1 atom stereocenters. The van der Waals surface area contributed by atoms with Gasteiger partial charge < -0.3 is 10.4 Å². The lowest BCUT2D eigenvalue weighted by molar-refractivity contribution is -0.138. The SMILES string of the molecule is O=NSC[C@H](NC(=O)c1ccccc1)C(=O)O.